The molecular weight excluding hydrogens is 324 g/mol. The molecule has 3 nitrogen and oxygen atoms in total. The molecule has 0 aliphatic carbocycles. The summed E-state index contributed by atoms with van der Waals surface area (Å²) < 4.78 is 0. The first-order valence-corrected chi connectivity index (χ1v) is 10.1. The highest BCUT2D eigenvalue weighted by Crippen LogP contribution is 2.14. The number of unbranched alkanes of at least 4 members (excludes halogenated alkanes) is 9. The van der Waals surface area contributed by atoms with Crippen LogP contribution < -0.4 is 0 Å². The Hall–Kier alpha value is -1.90. The summed E-state index contributed by atoms with van der Waals surface area (Å²) in [7, 11) is 0. The maximum absolute atomic E-state index is 12.0. The lowest BCUT2D eigenvalue weighted by Crippen LogP contribution is -2.06. The van der Waals surface area contributed by atoms with Gasteiger partial charge in [0.1, 0.15) is 0 Å². The van der Waals surface area contributed by atoms with Crippen molar-refractivity contribution in [2.75, 3.05) is 0 Å². The van der Waals surface area contributed by atoms with Gasteiger partial charge in [0, 0.05) is 17.6 Å². The summed E-state index contributed by atoms with van der Waals surface area (Å²) in [6, 6.07) is 7.54. The molecule has 3 heteroatoms. The molecule has 0 saturated carbocycles. The molecular formula is C23H34O3. The van der Waals surface area contributed by atoms with Crippen LogP contribution in [-0.2, 0) is 11.2 Å². The number of rotatable bonds is 15. The van der Waals surface area contributed by atoms with Crippen LogP contribution in [-0.4, -0.2) is 16.9 Å². The van der Waals surface area contributed by atoms with Crippen molar-refractivity contribution in [1.82, 2.24) is 0 Å². The first-order valence-electron chi connectivity index (χ1n) is 10.1. The van der Waals surface area contributed by atoms with Gasteiger partial charge in [0.05, 0.1) is 0 Å². The SMILES string of the molecule is C=C(CC(=O)c1ccc(CCCCCCCCCCCC)cc1)C(=O)O. The van der Waals surface area contributed by atoms with Gasteiger partial charge in [-0.05, 0) is 18.4 Å². The first kappa shape index (κ1) is 22.1. The van der Waals surface area contributed by atoms with Gasteiger partial charge >= 0.3 is 5.97 Å². The van der Waals surface area contributed by atoms with E-state index >= 15 is 0 Å². The van der Waals surface area contributed by atoms with E-state index in [1.54, 1.807) is 12.1 Å². The molecule has 26 heavy (non-hydrogen) atoms. The minimum Gasteiger partial charge on any atom is -0.478 e. The van der Waals surface area contributed by atoms with Crippen LogP contribution in [0.2, 0.25) is 0 Å². The maximum Gasteiger partial charge on any atom is 0.331 e. The monoisotopic (exact) mass is 358 g/mol. The van der Waals surface area contributed by atoms with Crippen LogP contribution in [0.3, 0.4) is 0 Å². The fourth-order valence-electron chi connectivity index (χ4n) is 3.05. The van der Waals surface area contributed by atoms with E-state index in [9.17, 15) is 9.59 Å². The molecule has 0 heterocycles. The predicted octanol–water partition coefficient (Wildman–Crippen LogP) is 6.36. The van der Waals surface area contributed by atoms with Crippen molar-refractivity contribution in [1.29, 1.82) is 0 Å². The number of ketones is 1. The maximum atomic E-state index is 12.0. The van der Waals surface area contributed by atoms with Gasteiger partial charge in [-0.25, -0.2) is 4.79 Å². The quantitative estimate of drug-likeness (QED) is 0.225. The zero-order valence-corrected chi connectivity index (χ0v) is 16.3. The number of Topliss-reactive ketones (excluding diaryl/α,β-unsaturated/α-hetero) is 1. The van der Waals surface area contributed by atoms with Crippen LogP contribution in [0, 0.1) is 0 Å². The number of carbonyl (C=O) groups is 2. The fraction of sp³-hybridized carbons (Fsp3) is 0.565. The Morgan fingerprint density at radius 3 is 1.85 bits per heavy atom. The summed E-state index contributed by atoms with van der Waals surface area (Å²) in [6.07, 6.45) is 14.2. The van der Waals surface area contributed by atoms with Crippen molar-refractivity contribution in [3.8, 4) is 0 Å². The Morgan fingerprint density at radius 1 is 0.846 bits per heavy atom. The normalized spacial score (nSPS) is 10.7. The summed E-state index contributed by atoms with van der Waals surface area (Å²) in [5.41, 5.74) is 1.72. The number of benzene rings is 1. The third-order valence-electron chi connectivity index (χ3n) is 4.77. The molecule has 0 unspecified atom stereocenters. The zero-order chi connectivity index (χ0) is 19.2. The number of hydrogen-bond donors (Lipinski definition) is 1. The summed E-state index contributed by atoms with van der Waals surface area (Å²) in [5.74, 6) is -1.31. The van der Waals surface area contributed by atoms with E-state index in [0.29, 0.717) is 5.56 Å². The number of carboxylic acid groups (broad SMARTS) is 1. The molecule has 0 bridgehead atoms. The van der Waals surface area contributed by atoms with E-state index < -0.39 is 5.97 Å². The van der Waals surface area contributed by atoms with Gasteiger partial charge < -0.3 is 5.11 Å². The van der Waals surface area contributed by atoms with Crippen LogP contribution >= 0.6 is 0 Å². The van der Waals surface area contributed by atoms with Gasteiger partial charge in [0.25, 0.3) is 0 Å². The number of carboxylic acids is 1. The highest BCUT2D eigenvalue weighted by Gasteiger charge is 2.12. The lowest BCUT2D eigenvalue weighted by atomic mass is 10.00. The van der Waals surface area contributed by atoms with E-state index in [-0.39, 0.29) is 17.8 Å². The minimum atomic E-state index is -1.11. The summed E-state index contributed by atoms with van der Waals surface area (Å²) in [5, 5.41) is 8.79. The molecule has 0 aliphatic rings. The van der Waals surface area contributed by atoms with Crippen LogP contribution in [0.4, 0.5) is 0 Å². The smallest absolute Gasteiger partial charge is 0.331 e. The second kappa shape index (κ2) is 13.3. The number of aryl methyl sites for hydroxylation is 1. The molecule has 0 atom stereocenters. The van der Waals surface area contributed by atoms with Crippen molar-refractivity contribution in [2.45, 2.75) is 84.0 Å². The third kappa shape index (κ3) is 9.55. The number of hydrogen-bond acceptors (Lipinski definition) is 2. The van der Waals surface area contributed by atoms with Gasteiger partial charge in [0.2, 0.25) is 0 Å². The minimum absolute atomic E-state index is 0.0653. The standard InChI is InChI=1S/C23H34O3/c1-3-4-5-6-7-8-9-10-11-12-13-20-14-16-21(17-15-20)22(24)18-19(2)23(25)26/h14-17H,2-13,18H2,1H3,(H,25,26). The molecule has 1 N–H and O–H groups in total. The highest BCUT2D eigenvalue weighted by atomic mass is 16.4. The Balaban J connectivity index is 2.16. The Labute approximate surface area is 158 Å². The fourth-order valence-corrected chi connectivity index (χ4v) is 3.05. The molecule has 0 fully saturated rings. The van der Waals surface area contributed by atoms with Gasteiger partial charge in [-0.1, -0.05) is 95.6 Å². The second-order valence-electron chi connectivity index (χ2n) is 7.14. The lowest BCUT2D eigenvalue weighted by molar-refractivity contribution is -0.132. The summed E-state index contributed by atoms with van der Waals surface area (Å²) in [4.78, 5) is 22.7. The van der Waals surface area contributed by atoms with E-state index in [4.69, 9.17) is 5.11 Å². The Bertz CT molecular complexity index is 557. The molecule has 0 spiro atoms. The Morgan fingerprint density at radius 2 is 1.35 bits per heavy atom. The topological polar surface area (TPSA) is 54.4 Å². The van der Waals surface area contributed by atoms with Crippen LogP contribution in [0.1, 0.15) is 93.5 Å². The van der Waals surface area contributed by atoms with Crippen LogP contribution in [0.5, 0.6) is 0 Å². The van der Waals surface area contributed by atoms with Gasteiger partial charge in [0.15, 0.2) is 5.78 Å². The second-order valence-corrected chi connectivity index (χ2v) is 7.14. The third-order valence-corrected chi connectivity index (χ3v) is 4.77. The van der Waals surface area contributed by atoms with Crippen LogP contribution in [0.25, 0.3) is 0 Å². The molecule has 1 aromatic carbocycles. The molecule has 0 aromatic heterocycles. The van der Waals surface area contributed by atoms with Gasteiger partial charge in [-0.2, -0.15) is 0 Å². The number of carbonyl (C=O) groups excluding carboxylic acids is 1. The van der Waals surface area contributed by atoms with Crippen molar-refractivity contribution < 1.29 is 14.7 Å². The summed E-state index contributed by atoms with van der Waals surface area (Å²) >= 11 is 0. The van der Waals surface area contributed by atoms with E-state index in [2.05, 4.69) is 13.5 Å². The highest BCUT2D eigenvalue weighted by molar-refractivity contribution is 6.02. The Kier molecular flexibility index (Phi) is 11.3. The van der Waals surface area contributed by atoms with E-state index in [1.165, 1.54) is 69.8 Å². The van der Waals surface area contributed by atoms with Crippen LogP contribution in [0.15, 0.2) is 36.4 Å². The average Bonchev–Trinajstić information content (AvgIpc) is 2.63. The molecule has 144 valence electrons. The number of aliphatic carboxylic acids is 1. The van der Waals surface area contributed by atoms with Crippen molar-refractivity contribution in [3.05, 3.63) is 47.5 Å². The predicted molar refractivity (Wildman–Crippen MR) is 108 cm³/mol. The van der Waals surface area contributed by atoms with Crippen molar-refractivity contribution in [2.24, 2.45) is 0 Å². The van der Waals surface area contributed by atoms with Crippen molar-refractivity contribution >= 4 is 11.8 Å². The molecule has 0 aliphatic heterocycles. The van der Waals surface area contributed by atoms with E-state index in [1.807, 2.05) is 12.1 Å². The van der Waals surface area contributed by atoms with Gasteiger partial charge in [-0.3, -0.25) is 4.79 Å². The molecule has 1 rings (SSSR count). The summed E-state index contributed by atoms with van der Waals surface area (Å²) in [6.45, 7) is 5.66. The molecule has 0 saturated heterocycles. The zero-order valence-electron chi connectivity index (χ0n) is 16.3. The first-order chi connectivity index (χ1) is 12.5. The van der Waals surface area contributed by atoms with Gasteiger partial charge in [-0.15, -0.1) is 0 Å². The molecule has 0 amide bonds. The molecule has 0 radical (unpaired) electrons. The van der Waals surface area contributed by atoms with E-state index in [0.717, 1.165) is 6.42 Å². The molecule has 1 aromatic rings. The average molecular weight is 359 g/mol. The largest absolute Gasteiger partial charge is 0.478 e. The lowest BCUT2D eigenvalue weighted by Gasteiger charge is -2.05. The van der Waals surface area contributed by atoms with Crippen molar-refractivity contribution in [3.63, 3.8) is 0 Å².